The van der Waals surface area contributed by atoms with Crippen LogP contribution in [-0.4, -0.2) is 11.0 Å². The second-order valence-corrected chi connectivity index (χ2v) is 5.46. The Hall–Kier alpha value is -3.06. The van der Waals surface area contributed by atoms with Crippen LogP contribution in [0, 0.1) is 11.3 Å². The highest BCUT2D eigenvalue weighted by Gasteiger charge is 2.13. The van der Waals surface area contributed by atoms with E-state index >= 15 is 0 Å². The van der Waals surface area contributed by atoms with E-state index in [0.717, 1.165) is 5.56 Å². The van der Waals surface area contributed by atoms with Gasteiger partial charge in [-0.25, -0.2) is 0 Å². The first-order chi connectivity index (χ1) is 11.0. The number of para-hydroxylation sites is 1. The summed E-state index contributed by atoms with van der Waals surface area (Å²) in [7, 11) is 0. The Bertz CT molecular complexity index is 769. The summed E-state index contributed by atoms with van der Waals surface area (Å²) in [6.45, 7) is 4.09. The molecule has 0 fully saturated rings. The molecule has 0 aliphatic carbocycles. The molecule has 116 valence electrons. The van der Waals surface area contributed by atoms with Gasteiger partial charge in [-0.2, -0.15) is 5.26 Å². The second kappa shape index (κ2) is 7.28. The molecule has 0 saturated carbocycles. The Labute approximate surface area is 135 Å². The van der Waals surface area contributed by atoms with Crippen LogP contribution in [0.15, 0.2) is 54.1 Å². The Morgan fingerprint density at radius 2 is 1.83 bits per heavy atom. The van der Waals surface area contributed by atoms with Crippen molar-refractivity contribution in [1.82, 2.24) is 0 Å². The van der Waals surface area contributed by atoms with Crippen molar-refractivity contribution in [3.05, 3.63) is 65.2 Å². The van der Waals surface area contributed by atoms with Gasteiger partial charge in [0, 0.05) is 5.69 Å². The number of amides is 1. The number of aromatic hydroxyl groups is 1. The number of rotatable bonds is 4. The van der Waals surface area contributed by atoms with E-state index in [-0.39, 0.29) is 17.2 Å². The summed E-state index contributed by atoms with van der Waals surface area (Å²) in [5.74, 6) is -0.0530. The number of anilines is 1. The molecular weight excluding hydrogens is 288 g/mol. The van der Waals surface area contributed by atoms with Gasteiger partial charge in [-0.1, -0.05) is 44.2 Å². The van der Waals surface area contributed by atoms with Gasteiger partial charge < -0.3 is 10.4 Å². The molecule has 0 unspecified atom stereocenters. The van der Waals surface area contributed by atoms with Crippen molar-refractivity contribution in [3.8, 4) is 11.8 Å². The molecule has 0 aromatic heterocycles. The third kappa shape index (κ3) is 4.21. The predicted molar refractivity (Wildman–Crippen MR) is 90.9 cm³/mol. The number of benzene rings is 2. The number of nitrogens with zero attached hydrogens (tertiary/aromatic N) is 1. The van der Waals surface area contributed by atoms with Gasteiger partial charge in [-0.15, -0.1) is 0 Å². The van der Waals surface area contributed by atoms with E-state index in [4.69, 9.17) is 0 Å². The quantitative estimate of drug-likeness (QED) is 0.661. The molecule has 4 nitrogen and oxygen atoms in total. The zero-order chi connectivity index (χ0) is 16.8. The van der Waals surface area contributed by atoms with Gasteiger partial charge in [0.25, 0.3) is 5.91 Å². The number of phenolic OH excluding ortho intramolecular Hbond substituents is 1. The van der Waals surface area contributed by atoms with Crippen LogP contribution in [0.4, 0.5) is 5.69 Å². The number of nitrogens with one attached hydrogen (secondary N) is 1. The largest absolute Gasteiger partial charge is 0.508 e. The predicted octanol–water partition coefficient (Wildman–Crippen LogP) is 4.06. The second-order valence-electron chi connectivity index (χ2n) is 5.46. The van der Waals surface area contributed by atoms with Crippen LogP contribution in [0.25, 0.3) is 6.08 Å². The first-order valence-electron chi connectivity index (χ1n) is 7.32. The lowest BCUT2D eigenvalue weighted by Gasteiger charge is -2.13. The summed E-state index contributed by atoms with van der Waals surface area (Å²) in [6, 6.07) is 15.8. The van der Waals surface area contributed by atoms with Gasteiger partial charge in [-0.05, 0) is 41.3 Å². The lowest BCUT2D eigenvalue weighted by molar-refractivity contribution is -0.112. The van der Waals surface area contributed by atoms with E-state index in [1.54, 1.807) is 12.1 Å². The summed E-state index contributed by atoms with van der Waals surface area (Å²) in [4.78, 5) is 12.3. The van der Waals surface area contributed by atoms with E-state index in [2.05, 4.69) is 5.32 Å². The Kier molecular flexibility index (Phi) is 5.16. The highest BCUT2D eigenvalue weighted by atomic mass is 16.3. The molecule has 0 saturated heterocycles. The number of phenols is 1. The van der Waals surface area contributed by atoms with E-state index < -0.39 is 5.91 Å². The van der Waals surface area contributed by atoms with Crippen LogP contribution < -0.4 is 5.32 Å². The number of carbonyl (C=O) groups excluding carboxylic acids is 1. The zero-order valence-electron chi connectivity index (χ0n) is 13.1. The Morgan fingerprint density at radius 1 is 1.17 bits per heavy atom. The van der Waals surface area contributed by atoms with Crippen molar-refractivity contribution in [3.63, 3.8) is 0 Å². The van der Waals surface area contributed by atoms with E-state index in [1.807, 2.05) is 44.2 Å². The standard InChI is InChI=1S/C19H18N2O2/c1-13(2)17-5-3-4-6-18(17)21-19(23)15(12-20)11-14-7-9-16(22)10-8-14/h3-11,13,22H,1-2H3,(H,21,23)/b15-11+. The van der Waals surface area contributed by atoms with Crippen LogP contribution >= 0.6 is 0 Å². The van der Waals surface area contributed by atoms with E-state index in [9.17, 15) is 15.2 Å². The van der Waals surface area contributed by atoms with Crippen molar-refractivity contribution in [2.75, 3.05) is 5.32 Å². The van der Waals surface area contributed by atoms with Crippen molar-refractivity contribution < 1.29 is 9.90 Å². The Balaban J connectivity index is 2.25. The summed E-state index contributed by atoms with van der Waals surface area (Å²) in [5.41, 5.74) is 2.41. The number of hydrogen-bond donors (Lipinski definition) is 2. The van der Waals surface area contributed by atoms with E-state index in [1.165, 1.54) is 18.2 Å². The van der Waals surface area contributed by atoms with Crippen molar-refractivity contribution in [2.24, 2.45) is 0 Å². The fourth-order valence-corrected chi connectivity index (χ4v) is 2.19. The SMILES string of the molecule is CC(C)c1ccccc1NC(=O)/C(C#N)=C/c1ccc(O)cc1. The molecule has 0 heterocycles. The minimum Gasteiger partial charge on any atom is -0.508 e. The van der Waals surface area contributed by atoms with Crippen molar-refractivity contribution >= 4 is 17.7 Å². The molecular formula is C19H18N2O2. The maximum absolute atomic E-state index is 12.3. The molecule has 4 heteroatoms. The zero-order valence-corrected chi connectivity index (χ0v) is 13.1. The molecule has 0 bridgehead atoms. The van der Waals surface area contributed by atoms with Gasteiger partial charge in [-0.3, -0.25) is 4.79 Å². The topological polar surface area (TPSA) is 73.1 Å². The smallest absolute Gasteiger partial charge is 0.266 e. The molecule has 2 rings (SSSR count). The van der Waals surface area contributed by atoms with Gasteiger partial charge in [0.15, 0.2) is 0 Å². The lowest BCUT2D eigenvalue weighted by atomic mass is 10.0. The van der Waals surface area contributed by atoms with Crippen LogP contribution in [-0.2, 0) is 4.79 Å². The molecule has 0 spiro atoms. The molecule has 0 aliphatic rings. The van der Waals surface area contributed by atoms with Gasteiger partial charge in [0.2, 0.25) is 0 Å². The molecule has 2 N–H and O–H groups in total. The van der Waals surface area contributed by atoms with Gasteiger partial charge in [0.1, 0.15) is 17.4 Å². The number of hydrogen-bond acceptors (Lipinski definition) is 3. The molecule has 0 atom stereocenters. The van der Waals surface area contributed by atoms with E-state index in [0.29, 0.717) is 11.3 Å². The Morgan fingerprint density at radius 3 is 2.43 bits per heavy atom. The minimum atomic E-state index is -0.450. The number of nitriles is 1. The molecule has 2 aromatic rings. The molecule has 0 aliphatic heterocycles. The highest BCUT2D eigenvalue weighted by molar-refractivity contribution is 6.10. The normalized spacial score (nSPS) is 11.1. The average molecular weight is 306 g/mol. The molecule has 1 amide bonds. The third-order valence-electron chi connectivity index (χ3n) is 3.40. The van der Waals surface area contributed by atoms with Gasteiger partial charge in [0.05, 0.1) is 0 Å². The molecule has 23 heavy (non-hydrogen) atoms. The highest BCUT2D eigenvalue weighted by Crippen LogP contribution is 2.24. The maximum Gasteiger partial charge on any atom is 0.266 e. The fraction of sp³-hybridized carbons (Fsp3) is 0.158. The molecule has 2 aromatic carbocycles. The summed E-state index contributed by atoms with van der Waals surface area (Å²) in [6.07, 6.45) is 1.49. The monoisotopic (exact) mass is 306 g/mol. The third-order valence-corrected chi connectivity index (χ3v) is 3.40. The lowest BCUT2D eigenvalue weighted by Crippen LogP contribution is -2.15. The first kappa shape index (κ1) is 16.3. The maximum atomic E-state index is 12.3. The minimum absolute atomic E-state index is 0.00856. The molecule has 0 radical (unpaired) electrons. The van der Waals surface area contributed by atoms with Crippen molar-refractivity contribution in [2.45, 2.75) is 19.8 Å². The number of carbonyl (C=O) groups is 1. The average Bonchev–Trinajstić information content (AvgIpc) is 2.54. The fourth-order valence-electron chi connectivity index (χ4n) is 2.19. The first-order valence-corrected chi connectivity index (χ1v) is 7.32. The van der Waals surface area contributed by atoms with Crippen LogP contribution in [0.2, 0.25) is 0 Å². The van der Waals surface area contributed by atoms with Crippen LogP contribution in [0.1, 0.15) is 30.9 Å². The van der Waals surface area contributed by atoms with Crippen LogP contribution in [0.3, 0.4) is 0 Å². The summed E-state index contributed by atoms with van der Waals surface area (Å²) in [5, 5.41) is 21.3. The van der Waals surface area contributed by atoms with Crippen LogP contribution in [0.5, 0.6) is 5.75 Å². The van der Waals surface area contributed by atoms with Gasteiger partial charge >= 0.3 is 0 Å². The van der Waals surface area contributed by atoms with Crippen molar-refractivity contribution in [1.29, 1.82) is 5.26 Å². The summed E-state index contributed by atoms with van der Waals surface area (Å²) < 4.78 is 0. The summed E-state index contributed by atoms with van der Waals surface area (Å²) >= 11 is 0.